The molecule has 0 fully saturated rings. The molecule has 6 nitrogen and oxygen atoms in total. The highest BCUT2D eigenvalue weighted by atomic mass is 32.1. The summed E-state index contributed by atoms with van der Waals surface area (Å²) >= 11 is 3.51. The molecule has 24 heavy (non-hydrogen) atoms. The number of nitrogens with zero attached hydrogens (tertiary/aromatic N) is 1. The predicted molar refractivity (Wildman–Crippen MR) is 82.8 cm³/mol. The first-order valence-corrected chi connectivity index (χ1v) is 7.50. The van der Waals surface area contributed by atoms with Crippen LogP contribution in [-0.2, 0) is 16.0 Å². The van der Waals surface area contributed by atoms with Crippen LogP contribution < -0.4 is 5.32 Å². The Morgan fingerprint density at radius 3 is 2.58 bits per heavy atom. The van der Waals surface area contributed by atoms with E-state index in [-0.39, 0.29) is 6.42 Å². The zero-order valence-corrected chi connectivity index (χ0v) is 13.1. The van der Waals surface area contributed by atoms with Crippen LogP contribution in [0.1, 0.15) is 5.69 Å². The Hall–Kier alpha value is -2.23. The van der Waals surface area contributed by atoms with Gasteiger partial charge in [-0.05, 0) is 6.07 Å². The van der Waals surface area contributed by atoms with Gasteiger partial charge in [0.15, 0.2) is 0 Å². The number of H-pyrrole nitrogens is 1. The molecule has 0 spiro atoms. The molecule has 0 aliphatic carbocycles. The Morgan fingerprint density at radius 2 is 2.00 bits per heavy atom. The molecule has 130 valence electrons. The third-order valence-corrected chi connectivity index (χ3v) is 3.82. The fraction of sp³-hybridized carbons (Fsp3) is 0.357. The van der Waals surface area contributed by atoms with Crippen molar-refractivity contribution in [3.05, 3.63) is 30.0 Å². The highest BCUT2D eigenvalue weighted by Crippen LogP contribution is 2.27. The van der Waals surface area contributed by atoms with E-state index < -0.39 is 35.8 Å². The lowest BCUT2D eigenvalue weighted by molar-refractivity contribution is -0.178. The van der Waals surface area contributed by atoms with E-state index in [0.717, 1.165) is 0 Å². The first kappa shape index (κ1) is 18.1. The highest BCUT2D eigenvalue weighted by molar-refractivity contribution is 7.80. The van der Waals surface area contributed by atoms with Crippen LogP contribution in [-0.4, -0.2) is 45.2 Å². The maximum atomic E-state index is 12.7. The Bertz CT molecular complexity index is 747. The number of fused-ring (bicyclic) bond motifs is 1. The van der Waals surface area contributed by atoms with Crippen LogP contribution >= 0.6 is 12.6 Å². The molecular formula is C14H14F3N3O3S. The number of carbonyl (C=O) groups excluding carboxylic acids is 1. The van der Waals surface area contributed by atoms with Crippen molar-refractivity contribution < 1.29 is 27.9 Å². The van der Waals surface area contributed by atoms with E-state index in [9.17, 15) is 27.9 Å². The zero-order chi connectivity index (χ0) is 17.9. The van der Waals surface area contributed by atoms with Gasteiger partial charge in [0, 0.05) is 17.6 Å². The lowest BCUT2D eigenvalue weighted by atomic mass is 10.1. The van der Waals surface area contributed by atoms with E-state index in [0.29, 0.717) is 16.6 Å². The van der Waals surface area contributed by atoms with Gasteiger partial charge in [-0.1, -0.05) is 18.2 Å². The molecule has 1 aromatic carbocycles. The fourth-order valence-electron chi connectivity index (χ4n) is 2.18. The SMILES string of the molecule is O=C(O)[C@H](Cc1n[nH]c2ccccc12)NC(=O)[C@H](CS)C(F)(F)F. The van der Waals surface area contributed by atoms with Crippen LogP contribution in [0.25, 0.3) is 10.9 Å². The molecule has 0 aliphatic rings. The van der Waals surface area contributed by atoms with Crippen LogP contribution in [0.2, 0.25) is 0 Å². The second-order valence-electron chi connectivity index (χ2n) is 5.10. The number of para-hydroxylation sites is 1. The van der Waals surface area contributed by atoms with Crippen molar-refractivity contribution in [2.24, 2.45) is 5.92 Å². The number of hydrogen-bond acceptors (Lipinski definition) is 4. The molecule has 0 saturated heterocycles. The number of rotatable bonds is 6. The lowest BCUT2D eigenvalue weighted by Crippen LogP contribution is -2.48. The minimum atomic E-state index is -4.80. The van der Waals surface area contributed by atoms with Gasteiger partial charge < -0.3 is 10.4 Å². The van der Waals surface area contributed by atoms with Crippen molar-refractivity contribution in [3.63, 3.8) is 0 Å². The van der Waals surface area contributed by atoms with Crippen LogP contribution in [0, 0.1) is 5.92 Å². The highest BCUT2D eigenvalue weighted by Gasteiger charge is 2.44. The molecule has 0 saturated carbocycles. The monoisotopic (exact) mass is 361 g/mol. The summed E-state index contributed by atoms with van der Waals surface area (Å²) in [5.41, 5.74) is 0.999. The molecular weight excluding hydrogens is 347 g/mol. The molecule has 10 heteroatoms. The summed E-state index contributed by atoms with van der Waals surface area (Å²) in [6, 6.07) is 5.36. The van der Waals surface area contributed by atoms with Gasteiger partial charge in [-0.25, -0.2) is 4.79 Å². The number of carbonyl (C=O) groups is 2. The second kappa shape index (κ2) is 7.12. The smallest absolute Gasteiger partial charge is 0.401 e. The molecule has 3 N–H and O–H groups in total. The third-order valence-electron chi connectivity index (χ3n) is 3.46. The zero-order valence-electron chi connectivity index (χ0n) is 12.2. The summed E-state index contributed by atoms with van der Waals surface area (Å²) in [6.07, 6.45) is -5.05. The third kappa shape index (κ3) is 3.99. The van der Waals surface area contributed by atoms with Crippen LogP contribution in [0.3, 0.4) is 0 Å². The first-order chi connectivity index (χ1) is 11.2. The summed E-state index contributed by atoms with van der Waals surface area (Å²) in [4.78, 5) is 23.1. The number of benzene rings is 1. The van der Waals surface area contributed by atoms with Gasteiger partial charge in [-0.15, -0.1) is 0 Å². The van der Waals surface area contributed by atoms with Crippen molar-refractivity contribution in [2.75, 3.05) is 5.75 Å². The lowest BCUT2D eigenvalue weighted by Gasteiger charge is -2.20. The Kier molecular flexibility index (Phi) is 5.37. The van der Waals surface area contributed by atoms with Crippen molar-refractivity contribution in [2.45, 2.75) is 18.6 Å². The molecule has 0 unspecified atom stereocenters. The predicted octanol–water partition coefficient (Wildman–Crippen LogP) is 1.78. The van der Waals surface area contributed by atoms with Crippen LogP contribution in [0.4, 0.5) is 13.2 Å². The van der Waals surface area contributed by atoms with Crippen LogP contribution in [0.15, 0.2) is 24.3 Å². The van der Waals surface area contributed by atoms with Crippen molar-refractivity contribution >= 4 is 35.4 Å². The van der Waals surface area contributed by atoms with Gasteiger partial charge >= 0.3 is 12.1 Å². The molecule has 2 rings (SSSR count). The molecule has 1 aromatic heterocycles. The normalized spacial score (nSPS) is 14.3. The van der Waals surface area contributed by atoms with E-state index >= 15 is 0 Å². The van der Waals surface area contributed by atoms with E-state index in [1.165, 1.54) is 0 Å². The van der Waals surface area contributed by atoms with Crippen molar-refractivity contribution in [1.82, 2.24) is 15.5 Å². The largest absolute Gasteiger partial charge is 0.480 e. The molecule has 1 amide bonds. The van der Waals surface area contributed by atoms with Gasteiger partial charge in [0.2, 0.25) is 5.91 Å². The van der Waals surface area contributed by atoms with Gasteiger partial charge in [-0.2, -0.15) is 30.9 Å². The average molecular weight is 361 g/mol. The number of halogens is 3. The Morgan fingerprint density at radius 1 is 1.33 bits per heavy atom. The summed E-state index contributed by atoms with van der Waals surface area (Å²) in [5.74, 6) is -6.02. The van der Waals surface area contributed by atoms with Crippen molar-refractivity contribution in [3.8, 4) is 0 Å². The number of alkyl halides is 3. The summed E-state index contributed by atoms with van der Waals surface area (Å²) in [5, 5.41) is 18.4. The molecule has 0 aliphatic heterocycles. The number of thiol groups is 1. The van der Waals surface area contributed by atoms with Crippen LogP contribution in [0.5, 0.6) is 0 Å². The Balaban J connectivity index is 2.18. The molecule has 0 radical (unpaired) electrons. The van der Waals surface area contributed by atoms with E-state index in [1.54, 1.807) is 24.3 Å². The molecule has 2 aromatic rings. The number of amides is 1. The number of aromatic nitrogens is 2. The van der Waals surface area contributed by atoms with Crippen molar-refractivity contribution in [1.29, 1.82) is 0 Å². The number of carboxylic acids is 1. The maximum absolute atomic E-state index is 12.7. The van der Waals surface area contributed by atoms with E-state index in [4.69, 9.17) is 0 Å². The Labute approximate surface area is 139 Å². The summed E-state index contributed by atoms with van der Waals surface area (Å²) < 4.78 is 38.2. The van der Waals surface area contributed by atoms with E-state index in [2.05, 4.69) is 22.8 Å². The number of hydrogen-bond donors (Lipinski definition) is 4. The molecule has 1 heterocycles. The summed E-state index contributed by atoms with van der Waals surface area (Å²) in [6.45, 7) is 0. The molecule has 2 atom stereocenters. The van der Waals surface area contributed by atoms with Gasteiger partial charge in [0.25, 0.3) is 0 Å². The summed E-state index contributed by atoms with van der Waals surface area (Å²) in [7, 11) is 0. The van der Waals surface area contributed by atoms with Gasteiger partial charge in [0.05, 0.1) is 11.2 Å². The van der Waals surface area contributed by atoms with Gasteiger partial charge in [-0.3, -0.25) is 9.89 Å². The number of nitrogens with one attached hydrogen (secondary N) is 2. The quantitative estimate of drug-likeness (QED) is 0.590. The minimum Gasteiger partial charge on any atom is -0.480 e. The topological polar surface area (TPSA) is 95.1 Å². The number of carboxylic acid groups (broad SMARTS) is 1. The average Bonchev–Trinajstić information content (AvgIpc) is 2.89. The van der Waals surface area contributed by atoms with E-state index in [1.807, 2.05) is 5.32 Å². The number of aromatic amines is 1. The minimum absolute atomic E-state index is 0.248. The standard InChI is InChI=1S/C14H14F3N3O3S/c15-14(16,17)8(6-24)12(21)18-11(13(22)23)5-10-7-3-1-2-4-9(7)19-20-10/h1-4,8,11,24H,5-6H2,(H,18,21)(H,19,20)(H,22,23)/t8-,11-/m0/s1. The fourth-order valence-corrected chi connectivity index (χ4v) is 2.55. The number of aliphatic carboxylic acids is 1. The molecule has 0 bridgehead atoms. The second-order valence-corrected chi connectivity index (χ2v) is 5.46. The first-order valence-electron chi connectivity index (χ1n) is 6.86. The maximum Gasteiger partial charge on any atom is 0.401 e. The van der Waals surface area contributed by atoms with Gasteiger partial charge in [0.1, 0.15) is 12.0 Å².